The largest absolute Gasteiger partial charge is 0.345 e. The number of nitrogens with one attached hydrogen (secondary N) is 1. The van der Waals surface area contributed by atoms with Crippen molar-refractivity contribution in [2.45, 2.75) is 26.8 Å². The van der Waals surface area contributed by atoms with Crippen LogP contribution in [0.1, 0.15) is 40.1 Å². The molecule has 7 heteroatoms. The summed E-state index contributed by atoms with van der Waals surface area (Å²) in [6, 6.07) is 4.25. The van der Waals surface area contributed by atoms with Crippen molar-refractivity contribution in [1.82, 2.24) is 15.1 Å². The molecule has 1 atom stereocenters. The predicted molar refractivity (Wildman–Crippen MR) is 81.7 cm³/mol. The maximum Gasteiger partial charge on any atom is 0.273 e. The summed E-state index contributed by atoms with van der Waals surface area (Å²) >= 11 is 0. The van der Waals surface area contributed by atoms with Crippen molar-refractivity contribution in [3.8, 4) is 0 Å². The summed E-state index contributed by atoms with van der Waals surface area (Å²) < 4.78 is 1.73. The Labute approximate surface area is 128 Å². The predicted octanol–water partition coefficient (Wildman–Crippen LogP) is 2.44. The standard InChI is InChI=1S/C15H18N4O3/c1-9-12(6-5-7-14(9)19(21)22)15(20)17-10(2)13-8-16-18(4)11(13)3/h5-8,10H,1-4H3,(H,17,20). The Kier molecular flexibility index (Phi) is 4.25. The molecule has 2 rings (SSSR count). The molecule has 0 aliphatic carbocycles. The fraction of sp³-hybridized carbons (Fsp3) is 0.333. The Morgan fingerprint density at radius 1 is 1.41 bits per heavy atom. The summed E-state index contributed by atoms with van der Waals surface area (Å²) in [5, 5.41) is 18.0. The van der Waals surface area contributed by atoms with E-state index in [0.29, 0.717) is 11.1 Å². The van der Waals surface area contributed by atoms with Crippen LogP contribution in [0.4, 0.5) is 5.69 Å². The molecule has 0 bridgehead atoms. The summed E-state index contributed by atoms with van der Waals surface area (Å²) in [6.45, 7) is 5.35. The molecule has 1 amide bonds. The summed E-state index contributed by atoms with van der Waals surface area (Å²) in [5.74, 6) is -0.336. The van der Waals surface area contributed by atoms with Gasteiger partial charge in [-0.3, -0.25) is 19.6 Å². The van der Waals surface area contributed by atoms with Crippen LogP contribution in [0.25, 0.3) is 0 Å². The third-order valence-electron chi connectivity index (χ3n) is 3.83. The summed E-state index contributed by atoms with van der Waals surface area (Å²) in [7, 11) is 1.83. The Bertz CT molecular complexity index is 736. The van der Waals surface area contributed by atoms with Gasteiger partial charge in [0.05, 0.1) is 17.2 Å². The number of amides is 1. The van der Waals surface area contributed by atoms with Gasteiger partial charge in [0.15, 0.2) is 0 Å². The minimum Gasteiger partial charge on any atom is -0.345 e. The number of aromatic nitrogens is 2. The van der Waals surface area contributed by atoms with Crippen LogP contribution in [0.15, 0.2) is 24.4 Å². The van der Waals surface area contributed by atoms with E-state index < -0.39 is 4.92 Å². The number of carbonyl (C=O) groups is 1. The molecule has 0 aliphatic rings. The molecule has 1 N–H and O–H groups in total. The molecule has 1 aromatic heterocycles. The number of hydrogen-bond acceptors (Lipinski definition) is 4. The van der Waals surface area contributed by atoms with E-state index in [9.17, 15) is 14.9 Å². The Morgan fingerprint density at radius 3 is 2.64 bits per heavy atom. The number of hydrogen-bond donors (Lipinski definition) is 1. The van der Waals surface area contributed by atoms with Gasteiger partial charge >= 0.3 is 0 Å². The topological polar surface area (TPSA) is 90.1 Å². The molecule has 0 saturated carbocycles. The summed E-state index contributed by atoms with van der Waals surface area (Å²) in [6.07, 6.45) is 1.71. The zero-order valence-electron chi connectivity index (χ0n) is 13.0. The molecule has 2 aromatic rings. The van der Waals surface area contributed by atoms with Crippen molar-refractivity contribution >= 4 is 11.6 Å². The van der Waals surface area contributed by atoms with Gasteiger partial charge < -0.3 is 5.32 Å². The fourth-order valence-electron chi connectivity index (χ4n) is 2.36. The second-order valence-electron chi connectivity index (χ2n) is 5.21. The first-order valence-corrected chi connectivity index (χ1v) is 6.86. The van der Waals surface area contributed by atoms with Crippen molar-refractivity contribution in [3.05, 3.63) is 56.9 Å². The lowest BCUT2D eigenvalue weighted by molar-refractivity contribution is -0.385. The Hall–Kier alpha value is -2.70. The zero-order valence-corrected chi connectivity index (χ0v) is 13.0. The smallest absolute Gasteiger partial charge is 0.273 e. The average molecular weight is 302 g/mol. The third kappa shape index (κ3) is 2.83. The molecule has 0 spiro atoms. The van der Waals surface area contributed by atoms with E-state index in [0.717, 1.165) is 11.3 Å². The minimum atomic E-state index is -0.485. The van der Waals surface area contributed by atoms with Gasteiger partial charge in [-0.05, 0) is 26.8 Å². The lowest BCUT2D eigenvalue weighted by Crippen LogP contribution is -2.27. The van der Waals surface area contributed by atoms with E-state index in [-0.39, 0.29) is 17.6 Å². The van der Waals surface area contributed by atoms with Crippen molar-refractivity contribution in [2.75, 3.05) is 0 Å². The molecule has 1 heterocycles. The molecular formula is C15H18N4O3. The van der Waals surface area contributed by atoms with E-state index in [4.69, 9.17) is 0 Å². The summed E-state index contributed by atoms with van der Waals surface area (Å²) in [4.78, 5) is 22.8. The highest BCUT2D eigenvalue weighted by Crippen LogP contribution is 2.22. The molecule has 1 unspecified atom stereocenters. The van der Waals surface area contributed by atoms with E-state index in [1.54, 1.807) is 23.9 Å². The summed E-state index contributed by atoms with van der Waals surface area (Å²) in [5.41, 5.74) is 2.49. The molecule has 0 aliphatic heterocycles. The van der Waals surface area contributed by atoms with Gasteiger partial charge in [0.1, 0.15) is 0 Å². The van der Waals surface area contributed by atoms with E-state index >= 15 is 0 Å². The van der Waals surface area contributed by atoms with Crippen LogP contribution in [0, 0.1) is 24.0 Å². The molecule has 116 valence electrons. The van der Waals surface area contributed by atoms with Crippen LogP contribution in [-0.4, -0.2) is 20.6 Å². The normalized spacial score (nSPS) is 12.0. The van der Waals surface area contributed by atoms with Gasteiger partial charge in [0.2, 0.25) is 0 Å². The highest BCUT2D eigenvalue weighted by Gasteiger charge is 2.20. The van der Waals surface area contributed by atoms with E-state index in [2.05, 4.69) is 10.4 Å². The van der Waals surface area contributed by atoms with Gasteiger partial charge in [-0.25, -0.2) is 0 Å². The second kappa shape index (κ2) is 5.97. The van der Waals surface area contributed by atoms with Crippen LogP contribution in [0.5, 0.6) is 0 Å². The van der Waals surface area contributed by atoms with Crippen molar-refractivity contribution in [1.29, 1.82) is 0 Å². The SMILES string of the molecule is Cc1c(C(=O)NC(C)c2cnn(C)c2C)cccc1[N+](=O)[O-]. The lowest BCUT2D eigenvalue weighted by Gasteiger charge is -2.14. The number of nitro benzene ring substituents is 1. The highest BCUT2D eigenvalue weighted by atomic mass is 16.6. The molecule has 0 saturated heterocycles. The van der Waals surface area contributed by atoms with Crippen molar-refractivity contribution in [3.63, 3.8) is 0 Å². The zero-order chi connectivity index (χ0) is 16.4. The molecule has 1 aromatic carbocycles. The van der Waals surface area contributed by atoms with Crippen LogP contribution < -0.4 is 5.32 Å². The third-order valence-corrected chi connectivity index (χ3v) is 3.83. The Balaban J connectivity index is 2.24. The highest BCUT2D eigenvalue weighted by molar-refractivity contribution is 5.96. The quantitative estimate of drug-likeness (QED) is 0.693. The van der Waals surface area contributed by atoms with E-state index in [1.807, 2.05) is 20.9 Å². The van der Waals surface area contributed by atoms with Crippen molar-refractivity contribution < 1.29 is 9.72 Å². The van der Waals surface area contributed by atoms with Crippen LogP contribution in [0.2, 0.25) is 0 Å². The monoisotopic (exact) mass is 302 g/mol. The van der Waals surface area contributed by atoms with Crippen molar-refractivity contribution in [2.24, 2.45) is 7.05 Å². The maximum atomic E-state index is 12.4. The Morgan fingerprint density at radius 2 is 2.09 bits per heavy atom. The molecule has 22 heavy (non-hydrogen) atoms. The number of nitrogens with zero attached hydrogens (tertiary/aromatic N) is 3. The molecule has 0 radical (unpaired) electrons. The van der Waals surface area contributed by atoms with Gasteiger partial charge in [-0.2, -0.15) is 5.10 Å². The fourth-order valence-corrected chi connectivity index (χ4v) is 2.36. The van der Waals surface area contributed by atoms with Gasteiger partial charge in [-0.1, -0.05) is 6.07 Å². The van der Waals surface area contributed by atoms with Gasteiger partial charge in [0.25, 0.3) is 11.6 Å². The van der Waals surface area contributed by atoms with Gasteiger partial charge in [0, 0.05) is 35.5 Å². The molecule has 7 nitrogen and oxygen atoms in total. The average Bonchev–Trinajstić information content (AvgIpc) is 2.78. The van der Waals surface area contributed by atoms with Crippen LogP contribution in [-0.2, 0) is 7.05 Å². The first kappa shape index (κ1) is 15.7. The number of nitro groups is 1. The molecule has 0 fully saturated rings. The van der Waals surface area contributed by atoms with Gasteiger partial charge in [-0.15, -0.1) is 0 Å². The number of rotatable bonds is 4. The minimum absolute atomic E-state index is 0.0575. The molecular weight excluding hydrogens is 284 g/mol. The first-order valence-electron chi connectivity index (χ1n) is 6.86. The number of carbonyl (C=O) groups excluding carboxylic acids is 1. The van der Waals surface area contributed by atoms with Crippen LogP contribution >= 0.6 is 0 Å². The number of aryl methyl sites for hydroxylation is 1. The van der Waals surface area contributed by atoms with E-state index in [1.165, 1.54) is 12.1 Å². The second-order valence-corrected chi connectivity index (χ2v) is 5.21. The maximum absolute atomic E-state index is 12.4. The van der Waals surface area contributed by atoms with Crippen LogP contribution in [0.3, 0.4) is 0 Å². The first-order chi connectivity index (χ1) is 10.3. The number of benzene rings is 1. The lowest BCUT2D eigenvalue weighted by atomic mass is 10.0.